The number of aryl methyl sites for hydroxylation is 1. The van der Waals surface area contributed by atoms with Crippen molar-refractivity contribution >= 4 is 11.7 Å². The molecule has 0 bridgehead atoms. The predicted molar refractivity (Wildman–Crippen MR) is 102 cm³/mol. The number of aromatic carboxylic acids is 1. The number of carboxylic acid groups (broad SMARTS) is 1. The van der Waals surface area contributed by atoms with Crippen LogP contribution < -0.4 is 10.1 Å². The molecule has 0 saturated carbocycles. The Morgan fingerprint density at radius 3 is 2.93 bits per heavy atom. The van der Waals surface area contributed by atoms with Crippen molar-refractivity contribution in [1.82, 2.24) is 4.98 Å². The SMILES string of the molecule is O=C(O)c1ccncc1N/C=C/C1CCCc2cc(OCCC(F)(F)F)ccc21. The Hall–Kier alpha value is -3.03. The molecule has 5 nitrogen and oxygen atoms in total. The molecule has 154 valence electrons. The maximum absolute atomic E-state index is 12.3. The van der Waals surface area contributed by atoms with E-state index in [1.165, 1.54) is 18.5 Å². The molecule has 0 saturated heterocycles. The smallest absolute Gasteiger partial charge is 0.392 e. The number of aromatic nitrogens is 1. The highest BCUT2D eigenvalue weighted by Gasteiger charge is 2.27. The molecule has 0 radical (unpaired) electrons. The molecule has 0 fully saturated rings. The largest absolute Gasteiger partial charge is 0.493 e. The van der Waals surface area contributed by atoms with Gasteiger partial charge in [-0.15, -0.1) is 0 Å². The zero-order chi connectivity index (χ0) is 20.9. The minimum Gasteiger partial charge on any atom is -0.493 e. The monoisotopic (exact) mass is 406 g/mol. The quantitative estimate of drug-likeness (QED) is 0.665. The van der Waals surface area contributed by atoms with E-state index in [0.29, 0.717) is 11.4 Å². The summed E-state index contributed by atoms with van der Waals surface area (Å²) in [4.78, 5) is 15.2. The molecule has 2 aromatic rings. The van der Waals surface area contributed by atoms with E-state index in [2.05, 4.69) is 10.3 Å². The van der Waals surface area contributed by atoms with Gasteiger partial charge in [0.1, 0.15) is 5.75 Å². The topological polar surface area (TPSA) is 71.5 Å². The first kappa shape index (κ1) is 20.7. The van der Waals surface area contributed by atoms with Gasteiger partial charge in [-0.25, -0.2) is 4.79 Å². The van der Waals surface area contributed by atoms with Gasteiger partial charge in [0.25, 0.3) is 0 Å². The minimum absolute atomic E-state index is 0.125. The molecule has 1 aliphatic rings. The van der Waals surface area contributed by atoms with Gasteiger partial charge in [0.05, 0.1) is 30.5 Å². The molecule has 1 atom stereocenters. The first-order valence-corrected chi connectivity index (χ1v) is 9.26. The molecule has 1 unspecified atom stereocenters. The van der Waals surface area contributed by atoms with E-state index in [0.717, 1.165) is 30.4 Å². The van der Waals surface area contributed by atoms with Crippen LogP contribution in [0.5, 0.6) is 5.75 Å². The number of hydrogen-bond acceptors (Lipinski definition) is 4. The molecular formula is C21H21F3N2O3. The number of hydrogen-bond donors (Lipinski definition) is 2. The standard InChI is InChI=1S/C21H21F3N2O3/c22-21(23,24)8-11-29-16-4-5-17-14(2-1-3-15(17)12-16)6-10-26-19-13-25-9-7-18(19)20(27)28/h4-7,9-10,12-14,26H,1-3,8,11H2,(H,27,28)/b10-6+. The molecule has 3 rings (SSSR count). The summed E-state index contributed by atoms with van der Waals surface area (Å²) in [6.45, 7) is -0.396. The van der Waals surface area contributed by atoms with E-state index in [9.17, 15) is 23.1 Å². The number of carbonyl (C=O) groups is 1. The van der Waals surface area contributed by atoms with Crippen LogP contribution in [0.15, 0.2) is 48.9 Å². The number of fused-ring (bicyclic) bond motifs is 1. The number of alkyl halides is 3. The van der Waals surface area contributed by atoms with Gasteiger partial charge >= 0.3 is 12.1 Å². The van der Waals surface area contributed by atoms with Crippen LogP contribution >= 0.6 is 0 Å². The van der Waals surface area contributed by atoms with Crippen LogP contribution in [0.3, 0.4) is 0 Å². The fourth-order valence-corrected chi connectivity index (χ4v) is 3.35. The van der Waals surface area contributed by atoms with Crippen molar-refractivity contribution < 1.29 is 27.8 Å². The average molecular weight is 406 g/mol. The summed E-state index contributed by atoms with van der Waals surface area (Å²) in [5.74, 6) is -0.470. The van der Waals surface area contributed by atoms with E-state index in [4.69, 9.17) is 4.74 Å². The van der Waals surface area contributed by atoms with Crippen molar-refractivity contribution in [3.8, 4) is 5.75 Å². The van der Waals surface area contributed by atoms with Gasteiger partial charge in [0.2, 0.25) is 0 Å². The van der Waals surface area contributed by atoms with E-state index < -0.39 is 25.2 Å². The van der Waals surface area contributed by atoms with E-state index in [1.807, 2.05) is 18.2 Å². The summed E-state index contributed by atoms with van der Waals surface area (Å²) in [6, 6.07) is 6.81. The van der Waals surface area contributed by atoms with Crippen molar-refractivity contribution in [3.63, 3.8) is 0 Å². The van der Waals surface area contributed by atoms with E-state index in [-0.39, 0.29) is 11.5 Å². The molecule has 8 heteroatoms. The van der Waals surface area contributed by atoms with Crippen LogP contribution in [-0.4, -0.2) is 28.8 Å². The van der Waals surface area contributed by atoms with Crippen LogP contribution in [0.4, 0.5) is 18.9 Å². The molecule has 0 aliphatic heterocycles. The molecule has 2 N–H and O–H groups in total. The number of rotatable bonds is 7. The molecule has 0 amide bonds. The fourth-order valence-electron chi connectivity index (χ4n) is 3.35. The second-order valence-electron chi connectivity index (χ2n) is 6.80. The number of nitrogens with zero attached hydrogens (tertiary/aromatic N) is 1. The highest BCUT2D eigenvalue weighted by atomic mass is 19.4. The number of nitrogens with one attached hydrogen (secondary N) is 1. The predicted octanol–water partition coefficient (Wildman–Crippen LogP) is 5.16. The molecule has 29 heavy (non-hydrogen) atoms. The van der Waals surface area contributed by atoms with Crippen LogP contribution in [0, 0.1) is 0 Å². The van der Waals surface area contributed by atoms with E-state index in [1.54, 1.807) is 12.3 Å². The van der Waals surface area contributed by atoms with Gasteiger partial charge in [0, 0.05) is 12.1 Å². The van der Waals surface area contributed by atoms with Crippen LogP contribution in [0.25, 0.3) is 0 Å². The van der Waals surface area contributed by atoms with Crippen molar-refractivity contribution in [2.24, 2.45) is 0 Å². The number of anilines is 1. The molecule has 1 aromatic heterocycles. The molecule has 1 aliphatic carbocycles. The second-order valence-corrected chi connectivity index (χ2v) is 6.80. The summed E-state index contributed by atoms with van der Waals surface area (Å²) in [7, 11) is 0. The third kappa shape index (κ3) is 5.73. The lowest BCUT2D eigenvalue weighted by atomic mass is 9.83. The van der Waals surface area contributed by atoms with Crippen molar-refractivity contribution in [2.75, 3.05) is 11.9 Å². The number of pyridine rings is 1. The first-order chi connectivity index (χ1) is 13.8. The zero-order valence-corrected chi connectivity index (χ0v) is 15.6. The van der Waals surface area contributed by atoms with E-state index >= 15 is 0 Å². The van der Waals surface area contributed by atoms with Crippen molar-refractivity contribution in [3.05, 3.63) is 65.6 Å². The summed E-state index contributed by atoms with van der Waals surface area (Å²) in [6.07, 6.45) is 4.05. The van der Waals surface area contributed by atoms with Crippen LogP contribution in [0.2, 0.25) is 0 Å². The van der Waals surface area contributed by atoms with Crippen LogP contribution in [0.1, 0.15) is 46.7 Å². The molecule has 0 spiro atoms. The van der Waals surface area contributed by atoms with Gasteiger partial charge in [-0.2, -0.15) is 13.2 Å². The summed E-state index contributed by atoms with van der Waals surface area (Å²) >= 11 is 0. The van der Waals surface area contributed by atoms with Gasteiger partial charge in [-0.1, -0.05) is 12.1 Å². The van der Waals surface area contributed by atoms with Crippen molar-refractivity contribution in [2.45, 2.75) is 37.8 Å². The third-order valence-corrected chi connectivity index (χ3v) is 4.75. The highest BCUT2D eigenvalue weighted by Crippen LogP contribution is 2.35. The van der Waals surface area contributed by atoms with Crippen LogP contribution in [-0.2, 0) is 6.42 Å². The normalized spacial score (nSPS) is 16.4. The Morgan fingerprint density at radius 1 is 1.34 bits per heavy atom. The summed E-state index contributed by atoms with van der Waals surface area (Å²) in [5, 5.41) is 12.2. The summed E-state index contributed by atoms with van der Waals surface area (Å²) < 4.78 is 42.0. The number of halogens is 3. The van der Waals surface area contributed by atoms with Gasteiger partial charge in [-0.3, -0.25) is 4.98 Å². The number of allylic oxidation sites excluding steroid dienone is 1. The number of ether oxygens (including phenoxy) is 1. The maximum Gasteiger partial charge on any atom is 0.392 e. The molecular weight excluding hydrogens is 385 g/mol. The number of carboxylic acids is 1. The molecule has 1 aromatic carbocycles. The lowest BCUT2D eigenvalue weighted by Crippen LogP contribution is -2.13. The Balaban J connectivity index is 1.66. The van der Waals surface area contributed by atoms with Gasteiger partial charge in [-0.05, 0) is 54.8 Å². The Kier molecular flexibility index (Phi) is 6.41. The lowest BCUT2D eigenvalue weighted by Gasteiger charge is -2.24. The molecule has 1 heterocycles. The number of benzene rings is 1. The van der Waals surface area contributed by atoms with Gasteiger partial charge < -0.3 is 15.2 Å². The highest BCUT2D eigenvalue weighted by molar-refractivity contribution is 5.94. The first-order valence-electron chi connectivity index (χ1n) is 9.26. The Bertz CT molecular complexity index is 897. The van der Waals surface area contributed by atoms with Gasteiger partial charge in [0.15, 0.2) is 0 Å². The minimum atomic E-state index is -4.23. The second kappa shape index (κ2) is 8.98. The zero-order valence-electron chi connectivity index (χ0n) is 15.6. The fraction of sp³-hybridized carbons (Fsp3) is 0.333. The van der Waals surface area contributed by atoms with Crippen molar-refractivity contribution in [1.29, 1.82) is 0 Å². The lowest BCUT2D eigenvalue weighted by molar-refractivity contribution is -0.139. The Morgan fingerprint density at radius 2 is 2.17 bits per heavy atom. The maximum atomic E-state index is 12.3. The Labute approximate surface area is 166 Å². The third-order valence-electron chi connectivity index (χ3n) is 4.75. The summed E-state index contributed by atoms with van der Waals surface area (Å²) in [5.41, 5.74) is 2.69. The average Bonchev–Trinajstić information content (AvgIpc) is 2.67.